The topological polar surface area (TPSA) is 303 Å². The number of ether oxygens (including phenoxy) is 6. The number of aromatic carboxylic acids is 3. The molecule has 2 aliphatic heterocycles. The minimum Gasteiger partial charge on any atom is -0.478 e. The lowest BCUT2D eigenvalue weighted by atomic mass is 9.96. The van der Waals surface area contributed by atoms with Gasteiger partial charge in [0.05, 0.1) is 62.0 Å². The second-order valence-electron chi connectivity index (χ2n) is 27.5. The van der Waals surface area contributed by atoms with E-state index in [0.29, 0.717) is 46.2 Å². The van der Waals surface area contributed by atoms with E-state index in [-0.39, 0.29) is 136 Å². The number of carbonyl (C=O) groups is 5. The molecule has 2 heterocycles. The van der Waals surface area contributed by atoms with Crippen molar-refractivity contribution in [3.8, 4) is 0 Å². The number of hydrogen-bond acceptors (Lipinski definition) is 16. The van der Waals surface area contributed by atoms with Crippen LogP contribution in [0.25, 0.3) is 0 Å². The molecule has 0 spiro atoms. The van der Waals surface area contributed by atoms with Gasteiger partial charge in [0.15, 0.2) is 87.1 Å². The molecular weight excluding hydrogens is 2270 g/mol. The Balaban J connectivity index is 0.000000235. The van der Waals surface area contributed by atoms with Crippen LogP contribution in [0.4, 0.5) is 75.9 Å². The number of hydrogen-bond donors (Lipinski definition) is 7. The summed E-state index contributed by atoms with van der Waals surface area (Å²) in [7, 11) is 0. The molecule has 12 rings (SSSR count). The second kappa shape index (κ2) is 50.2. The molecule has 0 bridgehead atoms. The molecule has 0 unspecified atom stereocenters. The van der Waals surface area contributed by atoms with Crippen LogP contribution in [0.1, 0.15) is 124 Å². The molecule has 9 N–H and O–H groups in total. The Labute approximate surface area is 777 Å². The van der Waals surface area contributed by atoms with E-state index in [0.717, 1.165) is 46.0 Å². The third-order valence-electron chi connectivity index (χ3n) is 17.3. The fourth-order valence-corrected chi connectivity index (χ4v) is 13.4. The van der Waals surface area contributed by atoms with Crippen LogP contribution < -0.4 is 11.6 Å². The van der Waals surface area contributed by atoms with E-state index >= 15 is 0 Å². The van der Waals surface area contributed by atoms with Crippen molar-refractivity contribution in [3.63, 3.8) is 0 Å². The summed E-state index contributed by atoms with van der Waals surface area (Å²) in [5, 5.41) is 44.1. The van der Waals surface area contributed by atoms with Crippen molar-refractivity contribution in [2.45, 2.75) is 83.3 Å². The number of ketones is 2. The van der Waals surface area contributed by atoms with Crippen LogP contribution >= 0.6 is 113 Å². The van der Waals surface area contributed by atoms with Gasteiger partial charge in [0, 0.05) is 76.9 Å². The van der Waals surface area contributed by atoms with Crippen LogP contribution in [0, 0.1) is 111 Å². The Morgan fingerprint density at radius 3 is 0.960 bits per heavy atom. The number of carbonyl (C=O) groups excluding carboxylic acids is 2. The lowest BCUT2D eigenvalue weighted by molar-refractivity contribution is -0.145. The van der Waals surface area contributed by atoms with Gasteiger partial charge in [-0.1, -0.05) is 24.3 Å². The molecule has 2 fully saturated rings. The van der Waals surface area contributed by atoms with E-state index in [4.69, 9.17) is 60.5 Å². The van der Waals surface area contributed by atoms with E-state index in [1.165, 1.54) is 60.7 Å². The Hall–Kier alpha value is -8.12. The number of rotatable bonds is 24. The number of aliphatic hydroxyl groups excluding tert-OH is 2. The monoisotopic (exact) mass is 2340 g/mol. The molecule has 0 saturated carbocycles. The van der Waals surface area contributed by atoms with Crippen molar-refractivity contribution in [2.75, 3.05) is 58.6 Å². The standard InChI is InChI=1S/C21H20F3IO4.C18H16F3IO4.2C14H8F3IO2.C7H3F3O2.C6H5FIN.C6H13NO3/c1-21(2)28-10-14(29-21)9-27-11-19(26)15-5-6-17(22)20(24)16(15)7-12-3-4-13(25)8-18(12)23;19-15-4-3-13(17(25)9-26-8-12(24)7-23)14(18(15)21)5-10-1-2-11(22)6-16(10)20;2*15-11-4-3-9(14(19)20)10(13(11)17)5-7-1-2-8(18)6-12(7)16;8-4-2-1-3(7(11)12)5(9)6(4)10;7-5-3-4(8)1-2-6(5)9;1-6(2)8-3-5(10-6)4-9-7/h3-6,8,14H,7,9-11H2,1-2H3;1-4,6,12,23-24H,5,7-9H2;2*1-4,6H,5H2,(H,19,20);1-2H,(H,11,12);1-3H,9H2;5H,3-4,7H2,1-2H3/t14-;12-;;;;;5-/m01....1/s1. The number of carboxylic acids is 3. The molecule has 3 atom stereocenters. The van der Waals surface area contributed by atoms with Gasteiger partial charge in [-0.3, -0.25) is 9.59 Å². The SMILES string of the molecule is CC1(C)OC[C@H](COCC(=O)c2ccc(F)c(F)c2Cc2ccc(I)cc2F)O1.CC1(C)OC[C@H](CON)O1.Nc1ccc(I)cc1F.O=C(COC[C@H](O)CO)c1ccc(F)c(F)c1Cc1ccc(I)cc1F.O=C(O)c1ccc(F)c(F)c1Cc1ccc(I)cc1F.O=C(O)c1ccc(F)c(F)c1Cc1ccc(I)cc1F.O=C(O)c1ccc(F)c(F)c1F. The summed E-state index contributed by atoms with van der Waals surface area (Å²) in [5.41, 5.74) is 2.96. The Kier molecular flexibility index (Phi) is 42.5. The number of halogens is 21. The zero-order chi connectivity index (χ0) is 93.9. The zero-order valence-corrected chi connectivity index (χ0v) is 76.7. The van der Waals surface area contributed by atoms with Gasteiger partial charge in [0.1, 0.15) is 60.6 Å². The number of carboxylic acid groups (broad SMARTS) is 3. The fraction of sp³-hybridized carbons (Fsp3) is 0.244. The number of aliphatic hydroxyl groups is 2. The summed E-state index contributed by atoms with van der Waals surface area (Å²) in [4.78, 5) is 61.5. The molecule has 10 aromatic carbocycles. The van der Waals surface area contributed by atoms with E-state index in [2.05, 4.69) is 4.84 Å². The summed E-state index contributed by atoms with van der Waals surface area (Å²) in [6.07, 6.45) is -2.67. The molecule has 10 aromatic rings. The first kappa shape index (κ1) is 107. The highest BCUT2D eigenvalue weighted by Crippen LogP contribution is 2.31. The quantitative estimate of drug-likeness (QED) is 0.00738. The first-order valence-electron chi connectivity index (χ1n) is 36.3. The molecule has 2 aliphatic rings. The van der Waals surface area contributed by atoms with Crippen molar-refractivity contribution in [2.24, 2.45) is 5.90 Å². The molecule has 126 heavy (non-hydrogen) atoms. The molecule has 19 nitrogen and oxygen atoms in total. The highest BCUT2D eigenvalue weighted by molar-refractivity contribution is 14.1. The predicted molar refractivity (Wildman–Crippen MR) is 467 cm³/mol. The Morgan fingerprint density at radius 2 is 0.675 bits per heavy atom. The maximum absolute atomic E-state index is 14.4. The second-order valence-corrected chi connectivity index (χ2v) is 33.7. The molecule has 676 valence electrons. The maximum atomic E-state index is 14.4. The number of nitrogen functional groups attached to an aromatic ring is 1. The maximum Gasteiger partial charge on any atom is 0.338 e. The van der Waals surface area contributed by atoms with Crippen LogP contribution in [0.15, 0.2) is 152 Å². The highest BCUT2D eigenvalue weighted by Gasteiger charge is 2.35. The first-order valence-corrected chi connectivity index (χ1v) is 41.7. The van der Waals surface area contributed by atoms with Gasteiger partial charge >= 0.3 is 17.9 Å². The summed E-state index contributed by atoms with van der Waals surface area (Å²) >= 11 is 9.73. The van der Waals surface area contributed by atoms with Crippen LogP contribution in [-0.4, -0.2) is 138 Å². The third kappa shape index (κ3) is 32.5. The molecule has 40 heteroatoms. The van der Waals surface area contributed by atoms with Gasteiger partial charge in [0.25, 0.3) is 0 Å². The molecule has 2 saturated heterocycles. The van der Waals surface area contributed by atoms with E-state index < -0.39 is 153 Å². The fourth-order valence-electron chi connectivity index (χ4n) is 11.2. The van der Waals surface area contributed by atoms with E-state index in [9.17, 15) is 99.3 Å². The summed E-state index contributed by atoms with van der Waals surface area (Å²) in [6.45, 7) is 7.04. The average Bonchev–Trinajstić information content (AvgIpc) is 0.877. The third-order valence-corrected chi connectivity index (χ3v) is 20.7. The minimum atomic E-state index is -1.77. The number of Topliss-reactive ketones (excluding diaryl/α,β-unsaturated/α-hetero) is 2. The van der Waals surface area contributed by atoms with Crippen molar-refractivity contribution < 1.29 is 153 Å². The number of anilines is 1. The summed E-state index contributed by atoms with van der Waals surface area (Å²) in [6, 6.07) is 30.7. The van der Waals surface area contributed by atoms with Crippen LogP contribution in [0.2, 0.25) is 0 Å². The first-order chi connectivity index (χ1) is 59.2. The largest absolute Gasteiger partial charge is 0.478 e. The van der Waals surface area contributed by atoms with Gasteiger partial charge in [-0.15, -0.1) is 0 Å². The van der Waals surface area contributed by atoms with Crippen molar-refractivity contribution in [3.05, 3.63) is 335 Å². The molecule has 0 radical (unpaired) electrons. The molecular formula is C86H73F16I5N2O17. The van der Waals surface area contributed by atoms with Gasteiger partial charge in [-0.2, -0.15) is 0 Å². The number of nitrogens with two attached hydrogens (primary N) is 2. The lowest BCUT2D eigenvalue weighted by Crippen LogP contribution is -2.25. The lowest BCUT2D eigenvalue weighted by Gasteiger charge is -2.17. The van der Waals surface area contributed by atoms with Crippen molar-refractivity contribution in [1.82, 2.24) is 0 Å². The van der Waals surface area contributed by atoms with Crippen molar-refractivity contribution >= 4 is 148 Å². The van der Waals surface area contributed by atoms with Gasteiger partial charge in [0.2, 0.25) is 0 Å². The van der Waals surface area contributed by atoms with Crippen LogP contribution in [0.5, 0.6) is 0 Å². The predicted octanol–water partition coefficient (Wildman–Crippen LogP) is 19.3. The zero-order valence-electron chi connectivity index (χ0n) is 65.9. The minimum absolute atomic E-state index is 0.0139. The number of benzene rings is 10. The van der Waals surface area contributed by atoms with E-state index in [1.807, 2.05) is 127 Å². The summed E-state index contributed by atoms with van der Waals surface area (Å²) in [5.74, 6) is -18.8. The van der Waals surface area contributed by atoms with Gasteiger partial charge in [-0.05, 0) is 290 Å². The Bertz CT molecular complexity index is 5420. The molecule has 0 aliphatic carbocycles. The normalized spacial score (nSPS) is 14.2. The van der Waals surface area contributed by atoms with Crippen molar-refractivity contribution in [1.29, 1.82) is 0 Å². The highest BCUT2D eigenvalue weighted by atomic mass is 127. The van der Waals surface area contributed by atoms with Gasteiger partial charge < -0.3 is 64.5 Å². The Morgan fingerprint density at radius 1 is 0.389 bits per heavy atom. The average molecular weight is 2350 g/mol. The smallest absolute Gasteiger partial charge is 0.338 e. The summed E-state index contributed by atoms with van der Waals surface area (Å²) < 4.78 is 251. The van der Waals surface area contributed by atoms with Crippen LogP contribution in [0.3, 0.4) is 0 Å². The molecule has 0 amide bonds. The molecule has 0 aromatic heterocycles. The van der Waals surface area contributed by atoms with Crippen LogP contribution in [-0.2, 0) is 58.9 Å². The van der Waals surface area contributed by atoms with Gasteiger partial charge in [-0.25, -0.2) is 90.5 Å². The van der Waals surface area contributed by atoms with E-state index in [1.54, 1.807) is 50.2 Å².